The third-order valence-electron chi connectivity index (χ3n) is 4.84. The normalized spacial score (nSPS) is 14.2. The van der Waals surface area contributed by atoms with Crippen LogP contribution in [0.5, 0.6) is 11.5 Å². The van der Waals surface area contributed by atoms with Gasteiger partial charge in [-0.2, -0.15) is 13.2 Å². The number of methoxy groups -OCH3 is 2. The number of halogens is 5. The summed E-state index contributed by atoms with van der Waals surface area (Å²) >= 11 is 0. The number of carbonyl (C=O) groups is 2. The lowest BCUT2D eigenvalue weighted by Gasteiger charge is -2.33. The molecule has 7 nitrogen and oxygen atoms in total. The lowest BCUT2D eigenvalue weighted by atomic mass is 10.1. The molecule has 0 saturated carbocycles. The Kier molecular flexibility index (Phi) is 7.10. The number of hydrogen-bond acceptors (Lipinski definition) is 7. The van der Waals surface area contributed by atoms with E-state index in [9.17, 15) is 31.5 Å². The van der Waals surface area contributed by atoms with Gasteiger partial charge in [-0.05, 0) is 30.7 Å². The molecule has 0 saturated heterocycles. The van der Waals surface area contributed by atoms with Crippen LogP contribution < -0.4 is 9.64 Å². The number of alkyl halides is 3. The Morgan fingerprint density at radius 2 is 1.65 bits per heavy atom. The lowest BCUT2D eigenvalue weighted by Crippen LogP contribution is -2.39. The molecular formula is C22H18F5NO6. The molecule has 182 valence electrons. The molecule has 0 aromatic heterocycles. The molecular weight excluding hydrogens is 469 g/mol. The van der Waals surface area contributed by atoms with E-state index in [1.165, 1.54) is 17.0 Å². The molecule has 2 aromatic carbocycles. The smallest absolute Gasteiger partial charge is 0.416 e. The van der Waals surface area contributed by atoms with Crippen molar-refractivity contribution in [3.05, 3.63) is 64.4 Å². The first-order chi connectivity index (χ1) is 16.0. The Balaban J connectivity index is 2.15. The zero-order chi connectivity index (χ0) is 25.2. The molecule has 0 spiro atoms. The van der Waals surface area contributed by atoms with Gasteiger partial charge in [-0.15, -0.1) is 0 Å². The number of carbonyl (C=O) groups excluding carboxylic acids is 2. The van der Waals surface area contributed by atoms with E-state index in [1.54, 1.807) is 13.0 Å². The number of para-hydroxylation sites is 1. The van der Waals surface area contributed by atoms with Crippen LogP contribution in [0.2, 0.25) is 0 Å². The van der Waals surface area contributed by atoms with Crippen molar-refractivity contribution in [1.29, 1.82) is 0 Å². The molecule has 0 bridgehead atoms. The first-order valence-electron chi connectivity index (χ1n) is 9.58. The second kappa shape index (κ2) is 9.67. The predicted octanol–water partition coefficient (Wildman–Crippen LogP) is 4.48. The summed E-state index contributed by atoms with van der Waals surface area (Å²) in [5, 5.41) is 0. The number of esters is 2. The number of aryl methyl sites for hydroxylation is 1. The average molecular weight is 487 g/mol. The van der Waals surface area contributed by atoms with Crippen LogP contribution in [0.1, 0.15) is 11.1 Å². The van der Waals surface area contributed by atoms with Crippen molar-refractivity contribution in [3.8, 4) is 11.5 Å². The van der Waals surface area contributed by atoms with E-state index in [4.69, 9.17) is 18.9 Å². The summed E-state index contributed by atoms with van der Waals surface area (Å²) in [7, 11) is 2.18. The van der Waals surface area contributed by atoms with Gasteiger partial charge in [0.2, 0.25) is 0 Å². The molecule has 3 rings (SSSR count). The van der Waals surface area contributed by atoms with Crippen molar-refractivity contribution in [3.63, 3.8) is 0 Å². The monoisotopic (exact) mass is 487 g/mol. The molecule has 0 N–H and O–H groups in total. The van der Waals surface area contributed by atoms with Gasteiger partial charge in [0, 0.05) is 0 Å². The van der Waals surface area contributed by atoms with Crippen LogP contribution in [0.3, 0.4) is 0 Å². The maximum absolute atomic E-state index is 14.4. The maximum atomic E-state index is 14.4. The number of hydrogen-bond donors (Lipinski definition) is 0. The topological polar surface area (TPSA) is 74.3 Å². The third-order valence-corrected chi connectivity index (χ3v) is 4.84. The van der Waals surface area contributed by atoms with Gasteiger partial charge in [0.15, 0.2) is 23.1 Å². The largest absolute Gasteiger partial charge is 0.466 e. The molecule has 0 unspecified atom stereocenters. The van der Waals surface area contributed by atoms with Crippen LogP contribution in [0.25, 0.3) is 0 Å². The summed E-state index contributed by atoms with van der Waals surface area (Å²) in [4.78, 5) is 26.0. The average Bonchev–Trinajstić information content (AvgIpc) is 2.79. The highest BCUT2D eigenvalue weighted by atomic mass is 19.4. The summed E-state index contributed by atoms with van der Waals surface area (Å²) in [5.41, 5.74) is -1.48. The highest BCUT2D eigenvalue weighted by Gasteiger charge is 2.36. The minimum Gasteiger partial charge on any atom is -0.466 e. The number of rotatable bonds is 5. The number of nitrogens with zero attached hydrogens (tertiary/aromatic N) is 1. The Morgan fingerprint density at radius 3 is 2.21 bits per heavy atom. The van der Waals surface area contributed by atoms with E-state index in [0.717, 1.165) is 14.2 Å². The molecule has 1 aliphatic rings. The molecule has 0 amide bonds. The van der Waals surface area contributed by atoms with Gasteiger partial charge in [0.05, 0.1) is 37.7 Å². The van der Waals surface area contributed by atoms with Crippen LogP contribution in [-0.4, -0.2) is 39.5 Å². The van der Waals surface area contributed by atoms with Crippen LogP contribution in [0.15, 0.2) is 41.6 Å². The lowest BCUT2D eigenvalue weighted by molar-refractivity contribution is -0.140. The third kappa shape index (κ3) is 4.81. The fourth-order valence-corrected chi connectivity index (χ4v) is 3.31. The maximum Gasteiger partial charge on any atom is 0.416 e. The van der Waals surface area contributed by atoms with E-state index < -0.39 is 41.1 Å². The van der Waals surface area contributed by atoms with Gasteiger partial charge in [0.1, 0.15) is 12.4 Å². The van der Waals surface area contributed by atoms with E-state index in [1.807, 2.05) is 0 Å². The van der Waals surface area contributed by atoms with Crippen LogP contribution in [0.4, 0.5) is 27.6 Å². The van der Waals surface area contributed by atoms with E-state index in [-0.39, 0.29) is 48.2 Å². The van der Waals surface area contributed by atoms with Crippen molar-refractivity contribution in [1.82, 2.24) is 0 Å². The summed E-state index contributed by atoms with van der Waals surface area (Å²) in [6, 6.07) is 4.52. The molecule has 34 heavy (non-hydrogen) atoms. The fraction of sp³-hybridized carbons (Fsp3) is 0.273. The highest BCUT2D eigenvalue weighted by Crippen LogP contribution is 2.41. The quantitative estimate of drug-likeness (QED) is 0.455. The van der Waals surface area contributed by atoms with Crippen molar-refractivity contribution in [2.75, 3.05) is 32.5 Å². The molecule has 1 heterocycles. The van der Waals surface area contributed by atoms with Crippen molar-refractivity contribution in [2.45, 2.75) is 13.1 Å². The summed E-state index contributed by atoms with van der Waals surface area (Å²) in [6.07, 6.45) is -4.97. The van der Waals surface area contributed by atoms with Gasteiger partial charge in [-0.25, -0.2) is 18.4 Å². The van der Waals surface area contributed by atoms with E-state index >= 15 is 0 Å². The van der Waals surface area contributed by atoms with Crippen LogP contribution in [0, 0.1) is 18.6 Å². The first-order valence-corrected chi connectivity index (χ1v) is 9.58. The molecule has 0 aliphatic carbocycles. The molecule has 0 fully saturated rings. The Morgan fingerprint density at radius 1 is 1.03 bits per heavy atom. The predicted molar refractivity (Wildman–Crippen MR) is 107 cm³/mol. The van der Waals surface area contributed by atoms with Crippen LogP contribution in [-0.2, 0) is 30.0 Å². The van der Waals surface area contributed by atoms with Crippen molar-refractivity contribution < 1.29 is 50.5 Å². The van der Waals surface area contributed by atoms with Crippen molar-refractivity contribution in [2.24, 2.45) is 0 Å². The number of benzene rings is 2. The second-order valence-electron chi connectivity index (χ2n) is 7.01. The molecule has 2 aromatic rings. The van der Waals surface area contributed by atoms with Crippen LogP contribution >= 0.6 is 0 Å². The second-order valence-corrected chi connectivity index (χ2v) is 7.01. The standard InChI is InChI=1S/C22H18F5NO6/c1-11-5-4-6-16(34-19-14(23)7-12(8-15(19)24)22(25,26)27)17(11)28-10-33-9-13(20(29)31-2)18(28)21(30)32-3/h4-8H,9-10H2,1-3H3. The highest BCUT2D eigenvalue weighted by molar-refractivity contribution is 6.03. The Labute approximate surface area is 190 Å². The minimum absolute atomic E-state index is 0.0581. The molecule has 0 radical (unpaired) electrons. The van der Waals surface area contributed by atoms with Crippen molar-refractivity contribution >= 4 is 17.6 Å². The summed E-state index contributed by atoms with van der Waals surface area (Å²) in [6.45, 7) is 1.00. The van der Waals surface area contributed by atoms with Gasteiger partial charge in [-0.3, -0.25) is 0 Å². The Bertz CT molecular complexity index is 1140. The van der Waals surface area contributed by atoms with E-state index in [2.05, 4.69) is 0 Å². The fourth-order valence-electron chi connectivity index (χ4n) is 3.31. The summed E-state index contributed by atoms with van der Waals surface area (Å²) < 4.78 is 87.7. The number of ether oxygens (including phenoxy) is 4. The van der Waals surface area contributed by atoms with Gasteiger partial charge in [-0.1, -0.05) is 12.1 Å². The minimum atomic E-state index is -4.97. The van der Waals surface area contributed by atoms with E-state index in [0.29, 0.717) is 5.56 Å². The zero-order valence-electron chi connectivity index (χ0n) is 18.1. The SMILES string of the molecule is COC(=O)C1=C(C(=O)OC)N(c2c(C)cccc2Oc2c(F)cc(C(F)(F)F)cc2F)COC1. The van der Waals surface area contributed by atoms with Gasteiger partial charge < -0.3 is 23.8 Å². The number of anilines is 1. The molecule has 12 heteroatoms. The van der Waals surface area contributed by atoms with Gasteiger partial charge >= 0.3 is 18.1 Å². The molecule has 1 aliphatic heterocycles. The summed E-state index contributed by atoms with van der Waals surface area (Å²) in [5.74, 6) is -6.30. The Hall–Kier alpha value is -3.67. The van der Waals surface area contributed by atoms with Gasteiger partial charge in [0.25, 0.3) is 0 Å². The first kappa shape index (κ1) is 25.0. The zero-order valence-corrected chi connectivity index (χ0v) is 18.1. The molecule has 0 atom stereocenters.